The van der Waals surface area contributed by atoms with Gasteiger partial charge in [-0.05, 0) is 71.1 Å². The van der Waals surface area contributed by atoms with E-state index in [2.05, 4.69) is 27.9 Å². The third-order valence-corrected chi connectivity index (χ3v) is 4.33. The Hall–Kier alpha value is -2.94. The normalized spacial score (nSPS) is 10.3. The summed E-state index contributed by atoms with van der Waals surface area (Å²) in [4.78, 5) is 34.6. The first kappa shape index (κ1) is 18.8. The molecule has 0 unspecified atom stereocenters. The van der Waals surface area contributed by atoms with E-state index in [0.717, 1.165) is 9.13 Å². The van der Waals surface area contributed by atoms with Crippen molar-refractivity contribution in [2.45, 2.75) is 0 Å². The zero-order valence-electron chi connectivity index (χ0n) is 14.0. The number of ether oxygens (including phenoxy) is 1. The molecular weight excluding hydrogens is 461 g/mol. The Morgan fingerprint density at radius 1 is 1.00 bits per heavy atom. The van der Waals surface area contributed by atoms with E-state index in [4.69, 9.17) is 9.15 Å². The van der Waals surface area contributed by atoms with Gasteiger partial charge in [0.25, 0.3) is 5.91 Å². The van der Waals surface area contributed by atoms with Gasteiger partial charge >= 0.3 is 5.97 Å². The highest BCUT2D eigenvalue weighted by Gasteiger charge is 2.11. The molecule has 0 aliphatic rings. The fraction of sp³-hybridized carbons (Fsp3) is 0.0500. The van der Waals surface area contributed by atoms with E-state index < -0.39 is 11.9 Å². The molecule has 1 N–H and O–H groups in total. The first-order valence-corrected chi connectivity index (χ1v) is 9.01. The second-order valence-electron chi connectivity index (χ2n) is 5.53. The molecule has 1 aromatic heterocycles. The molecule has 1 amide bonds. The molecular formula is C20H14INO5. The van der Waals surface area contributed by atoms with Crippen LogP contribution in [0.15, 0.2) is 65.1 Å². The van der Waals surface area contributed by atoms with Crippen molar-refractivity contribution < 1.29 is 23.5 Å². The fourth-order valence-corrected chi connectivity index (χ4v) is 2.65. The van der Waals surface area contributed by atoms with Gasteiger partial charge in [0, 0.05) is 14.8 Å². The van der Waals surface area contributed by atoms with Crippen LogP contribution in [0.25, 0.3) is 11.3 Å². The molecule has 0 fully saturated rings. The summed E-state index contributed by atoms with van der Waals surface area (Å²) >= 11 is 2.17. The molecule has 3 aromatic rings. The Kier molecular flexibility index (Phi) is 6.02. The smallest absolute Gasteiger partial charge is 0.338 e. The topological polar surface area (TPSA) is 85.6 Å². The second kappa shape index (κ2) is 8.63. The van der Waals surface area contributed by atoms with Gasteiger partial charge in [0.05, 0.1) is 5.56 Å². The van der Waals surface area contributed by atoms with Gasteiger partial charge in [0.2, 0.25) is 0 Å². The van der Waals surface area contributed by atoms with Crippen LogP contribution in [0.4, 0.5) is 5.69 Å². The third kappa shape index (κ3) is 5.04. The highest BCUT2D eigenvalue weighted by atomic mass is 127. The standard InChI is InChI=1S/C20H14INO5/c21-15-5-7-16(8-6-15)22-19(24)12-26-20(25)14-3-1-13(2-4-14)18-10-9-17(11-23)27-18/h1-11H,12H2,(H,22,24). The van der Waals surface area contributed by atoms with Gasteiger partial charge in [0.15, 0.2) is 18.7 Å². The number of furan rings is 1. The summed E-state index contributed by atoms with van der Waals surface area (Å²) in [5.41, 5.74) is 1.66. The monoisotopic (exact) mass is 475 g/mol. The zero-order chi connectivity index (χ0) is 19.2. The zero-order valence-corrected chi connectivity index (χ0v) is 16.1. The van der Waals surface area contributed by atoms with Crippen LogP contribution in [0.3, 0.4) is 0 Å². The number of rotatable bonds is 6. The van der Waals surface area contributed by atoms with E-state index >= 15 is 0 Å². The van der Waals surface area contributed by atoms with Gasteiger partial charge in [-0.15, -0.1) is 0 Å². The number of benzene rings is 2. The molecule has 0 saturated heterocycles. The Morgan fingerprint density at radius 2 is 1.70 bits per heavy atom. The van der Waals surface area contributed by atoms with Gasteiger partial charge < -0.3 is 14.5 Å². The lowest BCUT2D eigenvalue weighted by Gasteiger charge is -2.07. The molecule has 1 heterocycles. The second-order valence-corrected chi connectivity index (χ2v) is 6.77. The fourth-order valence-electron chi connectivity index (χ4n) is 2.29. The number of carbonyl (C=O) groups is 3. The summed E-state index contributed by atoms with van der Waals surface area (Å²) in [7, 11) is 0. The molecule has 136 valence electrons. The van der Waals surface area contributed by atoms with E-state index in [1.165, 1.54) is 0 Å². The number of nitrogens with one attached hydrogen (secondary N) is 1. The number of amides is 1. The average Bonchev–Trinajstić information content (AvgIpc) is 3.17. The number of halogens is 1. The minimum atomic E-state index is -0.604. The molecule has 0 aliphatic heterocycles. The van der Waals surface area contributed by atoms with Crippen LogP contribution in [-0.4, -0.2) is 24.8 Å². The predicted octanol–water partition coefficient (Wildman–Crippen LogP) is 4.16. The minimum absolute atomic E-state index is 0.229. The number of esters is 1. The number of anilines is 1. The maximum absolute atomic E-state index is 12.1. The van der Waals surface area contributed by atoms with Crippen molar-refractivity contribution in [1.82, 2.24) is 0 Å². The largest absolute Gasteiger partial charge is 0.453 e. The van der Waals surface area contributed by atoms with Crippen molar-refractivity contribution in [3.63, 3.8) is 0 Å². The number of hydrogen-bond acceptors (Lipinski definition) is 5. The predicted molar refractivity (Wildman–Crippen MR) is 108 cm³/mol. The van der Waals surface area contributed by atoms with Crippen molar-refractivity contribution in [3.8, 4) is 11.3 Å². The molecule has 0 atom stereocenters. The Labute approximate surface area is 168 Å². The Morgan fingerprint density at radius 3 is 2.33 bits per heavy atom. The van der Waals surface area contributed by atoms with E-state index in [1.54, 1.807) is 48.5 Å². The van der Waals surface area contributed by atoms with Gasteiger partial charge in [-0.25, -0.2) is 4.79 Å². The van der Waals surface area contributed by atoms with E-state index in [-0.39, 0.29) is 12.4 Å². The van der Waals surface area contributed by atoms with Gasteiger partial charge in [0.1, 0.15) is 5.76 Å². The van der Waals surface area contributed by atoms with Crippen LogP contribution in [-0.2, 0) is 9.53 Å². The Bertz CT molecular complexity index is 961. The van der Waals surface area contributed by atoms with Gasteiger partial charge in [-0.1, -0.05) is 12.1 Å². The lowest BCUT2D eigenvalue weighted by molar-refractivity contribution is -0.119. The molecule has 0 bridgehead atoms. The Balaban J connectivity index is 1.55. The molecule has 3 rings (SSSR count). The summed E-state index contributed by atoms with van der Waals surface area (Å²) in [6.45, 7) is -0.381. The van der Waals surface area contributed by atoms with Gasteiger partial charge in [-0.3, -0.25) is 9.59 Å². The van der Waals surface area contributed by atoms with Crippen LogP contribution < -0.4 is 5.32 Å². The molecule has 0 saturated carbocycles. The quantitative estimate of drug-likeness (QED) is 0.329. The minimum Gasteiger partial charge on any atom is -0.453 e. The first-order valence-electron chi connectivity index (χ1n) is 7.93. The maximum atomic E-state index is 12.1. The summed E-state index contributed by atoms with van der Waals surface area (Å²) in [5, 5.41) is 2.65. The SMILES string of the molecule is O=Cc1ccc(-c2ccc(C(=O)OCC(=O)Nc3ccc(I)cc3)cc2)o1. The lowest BCUT2D eigenvalue weighted by Crippen LogP contribution is -2.20. The number of hydrogen-bond donors (Lipinski definition) is 1. The van der Waals surface area contributed by atoms with E-state index in [1.807, 2.05) is 12.1 Å². The highest BCUT2D eigenvalue weighted by molar-refractivity contribution is 14.1. The average molecular weight is 475 g/mol. The van der Waals surface area contributed by atoms with E-state index in [0.29, 0.717) is 23.3 Å². The lowest BCUT2D eigenvalue weighted by atomic mass is 10.1. The highest BCUT2D eigenvalue weighted by Crippen LogP contribution is 2.22. The molecule has 0 spiro atoms. The van der Waals surface area contributed by atoms with Gasteiger partial charge in [-0.2, -0.15) is 0 Å². The van der Waals surface area contributed by atoms with Crippen LogP contribution in [0.1, 0.15) is 20.9 Å². The van der Waals surface area contributed by atoms with Crippen molar-refractivity contribution in [3.05, 3.63) is 75.6 Å². The van der Waals surface area contributed by atoms with Crippen LogP contribution in [0.5, 0.6) is 0 Å². The summed E-state index contributed by atoms with van der Waals surface area (Å²) < 4.78 is 11.4. The van der Waals surface area contributed by atoms with Crippen molar-refractivity contribution in [2.75, 3.05) is 11.9 Å². The van der Waals surface area contributed by atoms with E-state index in [9.17, 15) is 14.4 Å². The molecule has 2 aromatic carbocycles. The molecule has 0 radical (unpaired) electrons. The first-order chi connectivity index (χ1) is 13.0. The van der Waals surface area contributed by atoms with Crippen molar-refractivity contribution >= 4 is 46.4 Å². The van der Waals surface area contributed by atoms with Crippen molar-refractivity contribution in [1.29, 1.82) is 0 Å². The molecule has 0 aliphatic carbocycles. The number of carbonyl (C=O) groups excluding carboxylic acids is 3. The molecule has 6 nitrogen and oxygen atoms in total. The van der Waals surface area contributed by atoms with Crippen LogP contribution in [0.2, 0.25) is 0 Å². The molecule has 27 heavy (non-hydrogen) atoms. The molecule has 7 heteroatoms. The number of aldehydes is 1. The van der Waals surface area contributed by atoms with Crippen molar-refractivity contribution in [2.24, 2.45) is 0 Å². The summed E-state index contributed by atoms with van der Waals surface area (Å²) in [6.07, 6.45) is 0.622. The maximum Gasteiger partial charge on any atom is 0.338 e. The van der Waals surface area contributed by atoms with Crippen LogP contribution >= 0.6 is 22.6 Å². The van der Waals surface area contributed by atoms with Crippen LogP contribution in [0, 0.1) is 3.57 Å². The third-order valence-electron chi connectivity index (χ3n) is 3.61. The summed E-state index contributed by atoms with van der Waals surface area (Å²) in [6, 6.07) is 17.0. The summed E-state index contributed by atoms with van der Waals surface area (Å²) in [5.74, 6) is -0.271.